The number of hydrogen-bond acceptors (Lipinski definition) is 3. The van der Waals surface area contributed by atoms with Gasteiger partial charge >= 0.3 is 5.97 Å². The van der Waals surface area contributed by atoms with Crippen LogP contribution in [0.15, 0.2) is 17.8 Å². The van der Waals surface area contributed by atoms with Crippen LogP contribution < -0.4 is 0 Å². The molecule has 5 rings (SSSR count). The zero-order valence-electron chi connectivity index (χ0n) is 22.7. The molecule has 0 saturated heterocycles. The van der Waals surface area contributed by atoms with Gasteiger partial charge in [0.25, 0.3) is 0 Å². The Labute approximate surface area is 207 Å². The number of aliphatic carboxylic acids is 1. The van der Waals surface area contributed by atoms with E-state index in [0.717, 1.165) is 44.9 Å². The van der Waals surface area contributed by atoms with Gasteiger partial charge in [-0.15, -0.1) is 6.58 Å². The largest absolute Gasteiger partial charge is 0.481 e. The highest BCUT2D eigenvalue weighted by atomic mass is 16.4. The van der Waals surface area contributed by atoms with Crippen LogP contribution in [0.2, 0.25) is 0 Å². The highest BCUT2D eigenvalue weighted by Gasteiger charge is 2.70. The third-order valence-corrected chi connectivity index (χ3v) is 12.9. The molecule has 0 heterocycles. The summed E-state index contributed by atoms with van der Waals surface area (Å²) >= 11 is 0. The molecule has 0 bridgehead atoms. The van der Waals surface area contributed by atoms with Crippen molar-refractivity contribution < 1.29 is 9.90 Å². The van der Waals surface area contributed by atoms with E-state index in [1.54, 1.807) is 6.08 Å². The molecule has 8 unspecified atom stereocenters. The van der Waals surface area contributed by atoms with Gasteiger partial charge in [0.15, 0.2) is 0 Å². The van der Waals surface area contributed by atoms with E-state index in [9.17, 15) is 14.8 Å². The molecule has 0 amide bonds. The number of hydrogen-bond donors (Lipinski definition) is 1. The number of rotatable bonds is 2. The van der Waals surface area contributed by atoms with E-state index in [-0.39, 0.29) is 27.7 Å². The van der Waals surface area contributed by atoms with Crippen LogP contribution in [0.1, 0.15) is 112 Å². The lowest BCUT2D eigenvalue weighted by atomic mass is 9.32. The Balaban J connectivity index is 0.000000868. The summed E-state index contributed by atoms with van der Waals surface area (Å²) < 4.78 is 0. The van der Waals surface area contributed by atoms with Crippen molar-refractivity contribution in [3.05, 3.63) is 17.6 Å². The second-order valence-electron chi connectivity index (χ2n) is 14.0. The minimum absolute atomic E-state index is 0.0235. The Hall–Kier alpha value is -1.19. The summed E-state index contributed by atoms with van der Waals surface area (Å²) in [6, 6.07) is -0.0498. The van der Waals surface area contributed by atoms with Gasteiger partial charge in [0, 0.05) is 0 Å². The first-order chi connectivity index (χ1) is 15.9. The Morgan fingerprint density at radius 2 is 1.53 bits per heavy atom. The molecule has 0 spiro atoms. The van der Waals surface area contributed by atoms with Crippen molar-refractivity contribution in [1.29, 1.82) is 0 Å². The Morgan fingerprint density at radius 3 is 2.15 bits per heavy atom. The number of fused-ring (bicyclic) bond motifs is 7. The van der Waals surface area contributed by atoms with Gasteiger partial charge in [0.1, 0.15) is 0 Å². The van der Waals surface area contributed by atoms with Crippen LogP contribution in [0.3, 0.4) is 0 Å². The molecule has 0 aromatic rings. The molecule has 4 nitrogen and oxygen atoms in total. The molecule has 0 aromatic carbocycles. The van der Waals surface area contributed by atoms with E-state index >= 15 is 0 Å². The third-order valence-electron chi connectivity index (χ3n) is 12.9. The van der Waals surface area contributed by atoms with Crippen LogP contribution in [0.4, 0.5) is 0 Å². The minimum Gasteiger partial charge on any atom is -0.481 e. The molecule has 0 aromatic heterocycles. The molecule has 5 saturated carbocycles. The molecule has 0 aliphatic heterocycles. The number of nitroso groups, excluding NO2 is 1. The van der Waals surface area contributed by atoms with E-state index < -0.39 is 11.4 Å². The van der Waals surface area contributed by atoms with Crippen LogP contribution in [0.25, 0.3) is 0 Å². The molecule has 192 valence electrons. The summed E-state index contributed by atoms with van der Waals surface area (Å²) in [6.45, 7) is 17.5. The third kappa shape index (κ3) is 3.18. The number of allylic oxidation sites excluding steroid dienone is 1. The lowest BCUT2D eigenvalue weighted by Crippen LogP contribution is -2.66. The zero-order chi connectivity index (χ0) is 25.2. The van der Waals surface area contributed by atoms with Crippen molar-refractivity contribution >= 4 is 5.97 Å². The molecular formula is C30H49NO3. The van der Waals surface area contributed by atoms with Gasteiger partial charge in [0.2, 0.25) is 0 Å². The molecule has 0 radical (unpaired) electrons. The fourth-order valence-corrected chi connectivity index (χ4v) is 11.1. The Kier molecular flexibility index (Phi) is 6.43. The summed E-state index contributed by atoms with van der Waals surface area (Å²) in [5, 5.41) is 13.8. The molecule has 5 fully saturated rings. The average molecular weight is 472 g/mol. The van der Waals surface area contributed by atoms with Gasteiger partial charge in [0.05, 0.1) is 11.5 Å². The predicted octanol–water partition coefficient (Wildman–Crippen LogP) is 8.25. The van der Waals surface area contributed by atoms with E-state index in [2.05, 4.69) is 46.4 Å². The number of nitrogens with zero attached hydrogens (tertiary/aromatic N) is 1. The van der Waals surface area contributed by atoms with E-state index in [4.69, 9.17) is 0 Å². The van der Waals surface area contributed by atoms with Crippen LogP contribution >= 0.6 is 0 Å². The second-order valence-corrected chi connectivity index (χ2v) is 14.0. The van der Waals surface area contributed by atoms with Crippen LogP contribution in [-0.4, -0.2) is 17.1 Å². The summed E-state index contributed by atoms with van der Waals surface area (Å²) in [5.74, 6) is 1.65. The number of carboxylic acids is 1. The second kappa shape index (κ2) is 8.44. The molecule has 4 heteroatoms. The quantitative estimate of drug-likeness (QED) is 0.325. The maximum absolute atomic E-state index is 12.4. The summed E-state index contributed by atoms with van der Waals surface area (Å²) in [6.07, 6.45) is 13.7. The summed E-state index contributed by atoms with van der Waals surface area (Å²) in [5.41, 5.74) is 0.310. The molecule has 5 aliphatic rings. The van der Waals surface area contributed by atoms with Crippen molar-refractivity contribution in [2.75, 3.05) is 0 Å². The first-order valence-corrected chi connectivity index (χ1v) is 14.0. The highest BCUT2D eigenvalue weighted by Crippen LogP contribution is 2.76. The monoisotopic (exact) mass is 471 g/mol. The van der Waals surface area contributed by atoms with Crippen LogP contribution in [-0.2, 0) is 4.79 Å². The first kappa shape index (κ1) is 25.9. The van der Waals surface area contributed by atoms with Crippen molar-refractivity contribution in [2.24, 2.45) is 55.9 Å². The highest BCUT2D eigenvalue weighted by molar-refractivity contribution is 5.76. The van der Waals surface area contributed by atoms with E-state index in [1.165, 1.54) is 25.7 Å². The molecule has 1 N–H and O–H groups in total. The van der Waals surface area contributed by atoms with E-state index in [0.29, 0.717) is 23.7 Å². The molecule has 9 atom stereocenters. The number of carbonyl (C=O) groups is 1. The van der Waals surface area contributed by atoms with Crippen molar-refractivity contribution in [3.8, 4) is 0 Å². The fourth-order valence-electron chi connectivity index (χ4n) is 11.1. The van der Waals surface area contributed by atoms with Gasteiger partial charge < -0.3 is 5.11 Å². The lowest BCUT2D eigenvalue weighted by Gasteiger charge is -2.72. The maximum atomic E-state index is 12.4. The minimum atomic E-state index is -0.513. The summed E-state index contributed by atoms with van der Waals surface area (Å²) in [7, 11) is 0. The topological polar surface area (TPSA) is 66.7 Å². The molecular weight excluding hydrogens is 422 g/mol. The van der Waals surface area contributed by atoms with Crippen molar-refractivity contribution in [1.82, 2.24) is 0 Å². The van der Waals surface area contributed by atoms with Crippen LogP contribution in [0.5, 0.6) is 0 Å². The smallest absolute Gasteiger partial charge is 0.309 e. The van der Waals surface area contributed by atoms with Gasteiger partial charge in [-0.05, 0) is 116 Å². The molecule has 5 aliphatic carbocycles. The summed E-state index contributed by atoms with van der Waals surface area (Å²) in [4.78, 5) is 24.1. The maximum Gasteiger partial charge on any atom is 0.309 e. The average Bonchev–Trinajstić information content (AvgIpc) is 3.20. The predicted molar refractivity (Wildman–Crippen MR) is 138 cm³/mol. The number of carboxylic acid groups (broad SMARTS) is 1. The zero-order valence-corrected chi connectivity index (χ0v) is 22.7. The normalized spacial score (nSPS) is 50.8. The van der Waals surface area contributed by atoms with Crippen molar-refractivity contribution in [2.45, 2.75) is 118 Å². The SMILES string of the molecule is C=CC.CC1(C)C(N=O)CCC2(C)C1CCC1(C)C2CCC2C3CCCC3(C(=O)O)CC[C@]21C. The van der Waals surface area contributed by atoms with Crippen LogP contribution in [0, 0.1) is 55.7 Å². The van der Waals surface area contributed by atoms with Crippen molar-refractivity contribution in [3.63, 3.8) is 0 Å². The van der Waals surface area contributed by atoms with Gasteiger partial charge in [-0.2, -0.15) is 4.91 Å². The first-order valence-electron chi connectivity index (χ1n) is 14.0. The van der Waals surface area contributed by atoms with E-state index in [1.807, 2.05) is 6.92 Å². The Morgan fingerprint density at radius 1 is 0.853 bits per heavy atom. The van der Waals surface area contributed by atoms with Gasteiger partial charge in [-0.3, -0.25) is 4.79 Å². The molecule has 34 heavy (non-hydrogen) atoms. The fraction of sp³-hybridized carbons (Fsp3) is 0.900. The standard InChI is InChI=1S/C27H43NO3.C3H6/c1-23(2)19-10-14-26(5)20(24(19,3)13-11-21(23)28-31)9-8-17-18-7-6-12-27(18,22(29)30)16-15-25(17,26)4;1-3-2/h17-21H,6-16H2,1-5H3,(H,29,30);3H,1H2,2H3/t17?,18?,19?,20?,21?,24?,25-,26?,27?;/m1./s1. The van der Waals surface area contributed by atoms with Gasteiger partial charge in [-0.25, -0.2) is 0 Å². The Bertz CT molecular complexity index is 837. The lowest BCUT2D eigenvalue weighted by molar-refractivity contribution is -0.237. The van der Waals surface area contributed by atoms with Gasteiger partial charge in [-0.1, -0.05) is 52.3 Å².